The van der Waals surface area contributed by atoms with Crippen molar-refractivity contribution in [3.63, 3.8) is 0 Å². The fraction of sp³-hybridized carbons (Fsp3) is 0.529. The summed E-state index contributed by atoms with van der Waals surface area (Å²) in [6, 6.07) is 5.61. The summed E-state index contributed by atoms with van der Waals surface area (Å²) in [5.41, 5.74) is -0.0389. The Morgan fingerprint density at radius 3 is 2.44 bits per heavy atom. The van der Waals surface area contributed by atoms with Crippen molar-refractivity contribution in [3.05, 3.63) is 35.6 Å². The highest BCUT2D eigenvalue weighted by atomic mass is 32.2. The number of hydrogen-bond acceptors (Lipinski definition) is 4. The number of carbonyl (C=O) groups is 2. The van der Waals surface area contributed by atoms with E-state index in [0.717, 1.165) is 19.3 Å². The summed E-state index contributed by atoms with van der Waals surface area (Å²) in [6.45, 7) is 1.08. The summed E-state index contributed by atoms with van der Waals surface area (Å²) in [5, 5.41) is 2.51. The Hall–Kier alpha value is -1.80. The summed E-state index contributed by atoms with van der Waals surface area (Å²) in [6.07, 6.45) is 2.55. The van der Waals surface area contributed by atoms with Gasteiger partial charge in [-0.15, -0.1) is 0 Å². The number of hydrogen-bond donors (Lipinski definition) is 1. The lowest BCUT2D eigenvalue weighted by molar-refractivity contribution is -0.120. The minimum atomic E-state index is -3.36. The van der Waals surface area contributed by atoms with E-state index in [1.54, 1.807) is 6.07 Å². The average Bonchev–Trinajstić information content (AvgIpc) is 2.60. The van der Waals surface area contributed by atoms with Crippen LogP contribution >= 0.6 is 0 Å². The number of sulfonamides is 1. The normalized spacial score (nSPS) is 15.7. The summed E-state index contributed by atoms with van der Waals surface area (Å²) in [5.74, 6) is -1.63. The van der Waals surface area contributed by atoms with Crippen LogP contribution in [-0.2, 0) is 14.8 Å². The van der Waals surface area contributed by atoms with Crippen LogP contribution in [0.4, 0.5) is 4.39 Å². The Bertz CT molecular complexity index is 715. The summed E-state index contributed by atoms with van der Waals surface area (Å²) >= 11 is 0. The van der Waals surface area contributed by atoms with Crippen molar-refractivity contribution in [3.8, 4) is 0 Å². The smallest absolute Gasteiger partial charge is 0.220 e. The van der Waals surface area contributed by atoms with Gasteiger partial charge in [0, 0.05) is 32.5 Å². The molecule has 0 aliphatic carbocycles. The zero-order valence-corrected chi connectivity index (χ0v) is 14.9. The van der Waals surface area contributed by atoms with Gasteiger partial charge in [0.1, 0.15) is 5.82 Å². The molecule has 1 aliphatic rings. The highest BCUT2D eigenvalue weighted by molar-refractivity contribution is 7.89. The maximum absolute atomic E-state index is 13.5. The van der Waals surface area contributed by atoms with Gasteiger partial charge in [0.2, 0.25) is 15.9 Å². The number of benzene rings is 1. The van der Waals surface area contributed by atoms with Crippen molar-refractivity contribution in [1.82, 2.24) is 9.62 Å². The fourth-order valence-electron chi connectivity index (χ4n) is 2.73. The van der Waals surface area contributed by atoms with Gasteiger partial charge in [-0.2, -0.15) is 0 Å². The molecule has 1 aromatic carbocycles. The molecule has 1 saturated heterocycles. The van der Waals surface area contributed by atoms with E-state index in [0.29, 0.717) is 13.1 Å². The van der Waals surface area contributed by atoms with Gasteiger partial charge in [-0.3, -0.25) is 9.59 Å². The van der Waals surface area contributed by atoms with Crippen molar-refractivity contribution in [2.24, 2.45) is 0 Å². The number of Topliss-reactive ketones (excluding diaryl/α,β-unsaturated/α-hetero) is 1. The summed E-state index contributed by atoms with van der Waals surface area (Å²) < 4.78 is 39.2. The number of carbonyl (C=O) groups excluding carboxylic acids is 2. The van der Waals surface area contributed by atoms with Crippen LogP contribution in [0.25, 0.3) is 0 Å². The molecule has 1 fully saturated rings. The lowest BCUT2D eigenvalue weighted by atomic mass is 10.1. The quantitative estimate of drug-likeness (QED) is 0.706. The Labute approximate surface area is 147 Å². The molecular weight excluding hydrogens is 347 g/mol. The Morgan fingerprint density at radius 2 is 1.76 bits per heavy atom. The van der Waals surface area contributed by atoms with E-state index in [-0.39, 0.29) is 30.7 Å². The molecule has 0 radical (unpaired) electrons. The van der Waals surface area contributed by atoms with Crippen molar-refractivity contribution >= 4 is 21.7 Å². The van der Waals surface area contributed by atoms with E-state index in [1.165, 1.54) is 22.5 Å². The first-order valence-corrected chi connectivity index (χ1v) is 10.0. The fourth-order valence-corrected chi connectivity index (χ4v) is 4.16. The third-order valence-corrected chi connectivity index (χ3v) is 6.02. The first kappa shape index (κ1) is 19.5. The molecule has 0 aromatic heterocycles. The van der Waals surface area contributed by atoms with Gasteiger partial charge in [-0.1, -0.05) is 18.6 Å². The predicted molar refractivity (Wildman–Crippen MR) is 92.2 cm³/mol. The van der Waals surface area contributed by atoms with Gasteiger partial charge in [0.15, 0.2) is 5.78 Å². The molecule has 25 heavy (non-hydrogen) atoms. The zero-order valence-electron chi connectivity index (χ0n) is 14.0. The monoisotopic (exact) mass is 370 g/mol. The van der Waals surface area contributed by atoms with Gasteiger partial charge < -0.3 is 5.32 Å². The van der Waals surface area contributed by atoms with Gasteiger partial charge >= 0.3 is 0 Å². The van der Waals surface area contributed by atoms with Gasteiger partial charge in [0.05, 0.1) is 11.3 Å². The molecule has 6 nitrogen and oxygen atoms in total. The molecule has 1 aromatic rings. The zero-order chi connectivity index (χ0) is 18.3. The van der Waals surface area contributed by atoms with Crippen LogP contribution in [0.5, 0.6) is 0 Å². The molecule has 138 valence electrons. The van der Waals surface area contributed by atoms with Gasteiger partial charge in [-0.25, -0.2) is 17.1 Å². The predicted octanol–water partition coefficient (Wildman–Crippen LogP) is 1.72. The largest absolute Gasteiger partial charge is 0.355 e. The molecule has 0 saturated carbocycles. The molecule has 1 heterocycles. The lowest BCUT2D eigenvalue weighted by Gasteiger charge is -2.25. The molecule has 0 bridgehead atoms. The first-order chi connectivity index (χ1) is 11.9. The second-order valence-corrected chi connectivity index (χ2v) is 8.12. The van der Waals surface area contributed by atoms with Crippen LogP contribution in [0.15, 0.2) is 24.3 Å². The molecule has 1 aliphatic heterocycles. The highest BCUT2D eigenvalue weighted by Crippen LogP contribution is 2.13. The van der Waals surface area contributed by atoms with Crippen LogP contribution < -0.4 is 5.32 Å². The molecule has 1 amide bonds. The van der Waals surface area contributed by atoms with Crippen molar-refractivity contribution in [2.45, 2.75) is 32.1 Å². The Morgan fingerprint density at radius 1 is 1.08 bits per heavy atom. The second kappa shape index (κ2) is 9.05. The van der Waals surface area contributed by atoms with Crippen LogP contribution in [-0.4, -0.2) is 49.8 Å². The molecule has 2 rings (SSSR count). The van der Waals surface area contributed by atoms with Crippen LogP contribution in [0, 0.1) is 5.82 Å². The minimum Gasteiger partial charge on any atom is -0.355 e. The van der Waals surface area contributed by atoms with E-state index < -0.39 is 27.5 Å². The standard InChI is InChI=1S/C17H23FN2O4S/c18-15-7-3-2-6-14(15)16(21)8-9-17(22)19-10-13-25(23,24)20-11-4-1-5-12-20/h2-3,6-7H,1,4-5,8-13H2,(H,19,22). The van der Waals surface area contributed by atoms with E-state index in [2.05, 4.69) is 5.32 Å². The highest BCUT2D eigenvalue weighted by Gasteiger charge is 2.23. The molecule has 8 heteroatoms. The van der Waals surface area contributed by atoms with E-state index in [9.17, 15) is 22.4 Å². The molecule has 0 spiro atoms. The minimum absolute atomic E-state index is 0.00551. The van der Waals surface area contributed by atoms with Gasteiger partial charge in [0.25, 0.3) is 0 Å². The summed E-state index contributed by atoms with van der Waals surface area (Å²) in [7, 11) is -3.36. The average molecular weight is 370 g/mol. The topological polar surface area (TPSA) is 83.5 Å². The number of ketones is 1. The van der Waals surface area contributed by atoms with E-state index >= 15 is 0 Å². The van der Waals surface area contributed by atoms with E-state index in [1.807, 2.05) is 0 Å². The van der Waals surface area contributed by atoms with E-state index in [4.69, 9.17) is 0 Å². The SMILES string of the molecule is O=C(CCC(=O)c1ccccc1F)NCCS(=O)(=O)N1CCCCC1. The molecule has 1 N–H and O–H groups in total. The Balaban J connectivity index is 1.72. The van der Waals surface area contributed by atoms with Gasteiger partial charge in [-0.05, 0) is 25.0 Å². The summed E-state index contributed by atoms with van der Waals surface area (Å²) in [4.78, 5) is 23.6. The second-order valence-electron chi connectivity index (χ2n) is 6.03. The van der Waals surface area contributed by atoms with Crippen LogP contribution in [0.2, 0.25) is 0 Å². The first-order valence-electron chi connectivity index (χ1n) is 8.42. The number of nitrogens with zero attached hydrogens (tertiary/aromatic N) is 1. The number of nitrogens with one attached hydrogen (secondary N) is 1. The number of halogens is 1. The molecule has 0 unspecified atom stereocenters. The third kappa shape index (κ3) is 5.89. The Kier molecular flexibility index (Phi) is 7.07. The third-order valence-electron chi connectivity index (χ3n) is 4.14. The maximum atomic E-state index is 13.5. The van der Waals surface area contributed by atoms with Crippen molar-refractivity contribution in [2.75, 3.05) is 25.4 Å². The van der Waals surface area contributed by atoms with Crippen LogP contribution in [0.3, 0.4) is 0 Å². The maximum Gasteiger partial charge on any atom is 0.220 e. The molecular formula is C17H23FN2O4S. The molecule has 0 atom stereocenters. The van der Waals surface area contributed by atoms with Crippen LogP contribution in [0.1, 0.15) is 42.5 Å². The number of amides is 1. The lowest BCUT2D eigenvalue weighted by Crippen LogP contribution is -2.40. The number of piperidine rings is 1. The van der Waals surface area contributed by atoms with Crippen molar-refractivity contribution < 1.29 is 22.4 Å². The van der Waals surface area contributed by atoms with Crippen molar-refractivity contribution in [1.29, 1.82) is 0 Å². The number of rotatable bonds is 8.